The van der Waals surface area contributed by atoms with Crippen LogP contribution in [0.1, 0.15) is 31.2 Å². The van der Waals surface area contributed by atoms with Gasteiger partial charge in [0.25, 0.3) is 5.91 Å². The molecule has 0 aromatic heterocycles. The number of halogens is 2. The molecule has 0 bridgehead atoms. The van der Waals surface area contributed by atoms with E-state index in [1.807, 2.05) is 0 Å². The Balaban J connectivity index is 1.88. The van der Waals surface area contributed by atoms with E-state index in [1.54, 1.807) is 0 Å². The Morgan fingerprint density at radius 2 is 1.84 bits per heavy atom. The van der Waals surface area contributed by atoms with E-state index in [4.69, 9.17) is 0 Å². The minimum Gasteiger partial charge on any atom is -0.380 e. The van der Waals surface area contributed by atoms with E-state index < -0.39 is 23.1 Å². The van der Waals surface area contributed by atoms with Crippen molar-refractivity contribution in [3.63, 3.8) is 0 Å². The van der Waals surface area contributed by atoms with Crippen molar-refractivity contribution in [3.8, 4) is 0 Å². The van der Waals surface area contributed by atoms with Crippen molar-refractivity contribution in [2.75, 3.05) is 6.54 Å². The summed E-state index contributed by atoms with van der Waals surface area (Å²) >= 11 is 0. The first-order chi connectivity index (χ1) is 9.03. The van der Waals surface area contributed by atoms with Gasteiger partial charge in [-0.25, -0.2) is 8.78 Å². The van der Waals surface area contributed by atoms with Gasteiger partial charge in [-0.05, 0) is 44.2 Å². The van der Waals surface area contributed by atoms with Gasteiger partial charge in [-0.2, -0.15) is 0 Å². The summed E-state index contributed by atoms with van der Waals surface area (Å²) in [7, 11) is 0. The van der Waals surface area contributed by atoms with Crippen LogP contribution < -0.4 is 5.32 Å². The normalized spacial score (nSPS) is 17.4. The fourth-order valence-electron chi connectivity index (χ4n) is 2.42. The average molecular weight is 269 g/mol. The standard InChI is InChI=1S/C14H17F2NO2/c15-11-4-3-5-12(16)10(11)6-9-17-13(18)14(19)7-1-2-8-14/h3-5,19H,1-2,6-9H2,(H,17,18). The number of aliphatic hydroxyl groups is 1. The van der Waals surface area contributed by atoms with Crippen LogP contribution in [0.5, 0.6) is 0 Å². The van der Waals surface area contributed by atoms with Gasteiger partial charge in [0, 0.05) is 12.1 Å². The Morgan fingerprint density at radius 1 is 1.26 bits per heavy atom. The molecule has 2 N–H and O–H groups in total. The molecule has 1 aromatic carbocycles. The van der Waals surface area contributed by atoms with E-state index in [-0.39, 0.29) is 18.5 Å². The molecule has 1 saturated carbocycles. The maximum absolute atomic E-state index is 13.3. The summed E-state index contributed by atoms with van der Waals surface area (Å²) in [4.78, 5) is 11.8. The monoisotopic (exact) mass is 269 g/mol. The molecule has 1 fully saturated rings. The molecule has 0 saturated heterocycles. The minimum atomic E-state index is -1.30. The quantitative estimate of drug-likeness (QED) is 0.877. The highest BCUT2D eigenvalue weighted by Crippen LogP contribution is 2.29. The molecule has 0 unspecified atom stereocenters. The summed E-state index contributed by atoms with van der Waals surface area (Å²) in [6.07, 6.45) is 2.62. The molecule has 0 radical (unpaired) electrons. The SMILES string of the molecule is O=C(NCCc1c(F)cccc1F)C1(O)CCCC1. The molecule has 5 heteroatoms. The molecule has 1 aliphatic carbocycles. The summed E-state index contributed by atoms with van der Waals surface area (Å²) in [5.41, 5.74) is -1.34. The van der Waals surface area contributed by atoms with E-state index >= 15 is 0 Å². The smallest absolute Gasteiger partial charge is 0.251 e. The van der Waals surface area contributed by atoms with Crippen LogP contribution in [0, 0.1) is 11.6 Å². The van der Waals surface area contributed by atoms with Gasteiger partial charge in [0.15, 0.2) is 0 Å². The van der Waals surface area contributed by atoms with Crippen molar-refractivity contribution in [2.45, 2.75) is 37.7 Å². The lowest BCUT2D eigenvalue weighted by Gasteiger charge is -2.20. The molecule has 2 rings (SSSR count). The summed E-state index contributed by atoms with van der Waals surface area (Å²) in [5, 5.41) is 12.6. The van der Waals surface area contributed by atoms with Crippen LogP contribution >= 0.6 is 0 Å². The molecular formula is C14H17F2NO2. The second kappa shape index (κ2) is 5.65. The van der Waals surface area contributed by atoms with E-state index in [2.05, 4.69) is 5.32 Å². The van der Waals surface area contributed by atoms with Crippen LogP contribution in [0.15, 0.2) is 18.2 Å². The largest absolute Gasteiger partial charge is 0.380 e. The van der Waals surface area contributed by atoms with Crippen molar-refractivity contribution in [3.05, 3.63) is 35.4 Å². The maximum Gasteiger partial charge on any atom is 0.251 e. The summed E-state index contributed by atoms with van der Waals surface area (Å²) < 4.78 is 26.7. The first-order valence-electron chi connectivity index (χ1n) is 6.46. The van der Waals surface area contributed by atoms with Gasteiger partial charge < -0.3 is 10.4 Å². The number of hydrogen-bond acceptors (Lipinski definition) is 2. The maximum atomic E-state index is 13.3. The van der Waals surface area contributed by atoms with Gasteiger partial charge in [-0.3, -0.25) is 4.79 Å². The summed E-state index contributed by atoms with van der Waals surface area (Å²) in [5.74, 6) is -1.68. The Bertz CT molecular complexity index is 450. The van der Waals surface area contributed by atoms with Crippen molar-refractivity contribution in [1.29, 1.82) is 0 Å². The van der Waals surface area contributed by atoms with E-state index in [9.17, 15) is 18.7 Å². The van der Waals surface area contributed by atoms with Crippen molar-refractivity contribution >= 4 is 5.91 Å². The number of rotatable bonds is 4. The molecule has 0 aliphatic heterocycles. The third-order valence-corrected chi connectivity index (χ3v) is 3.58. The number of nitrogens with one attached hydrogen (secondary N) is 1. The number of hydrogen-bond donors (Lipinski definition) is 2. The Labute approximate surface area is 110 Å². The Hall–Kier alpha value is -1.49. The fourth-order valence-corrected chi connectivity index (χ4v) is 2.42. The lowest BCUT2D eigenvalue weighted by Crippen LogP contribution is -2.45. The van der Waals surface area contributed by atoms with Gasteiger partial charge in [0.05, 0.1) is 0 Å². The molecule has 1 amide bonds. The molecule has 0 spiro atoms. The van der Waals surface area contributed by atoms with E-state index in [0.29, 0.717) is 12.8 Å². The molecule has 104 valence electrons. The van der Waals surface area contributed by atoms with Crippen LogP contribution in [-0.4, -0.2) is 23.2 Å². The second-order valence-corrected chi connectivity index (χ2v) is 4.94. The molecule has 0 heterocycles. The fraction of sp³-hybridized carbons (Fsp3) is 0.500. The molecule has 19 heavy (non-hydrogen) atoms. The highest BCUT2D eigenvalue weighted by Gasteiger charge is 2.38. The predicted octanol–water partition coefficient (Wildman–Crippen LogP) is 1.93. The van der Waals surface area contributed by atoms with Crippen LogP contribution in [0.3, 0.4) is 0 Å². The van der Waals surface area contributed by atoms with Gasteiger partial charge >= 0.3 is 0 Å². The van der Waals surface area contributed by atoms with Gasteiger partial charge in [-0.15, -0.1) is 0 Å². The zero-order chi connectivity index (χ0) is 13.9. The summed E-state index contributed by atoms with van der Waals surface area (Å²) in [6, 6.07) is 3.67. The van der Waals surface area contributed by atoms with Gasteiger partial charge in [0.1, 0.15) is 17.2 Å². The van der Waals surface area contributed by atoms with Crippen LogP contribution in [-0.2, 0) is 11.2 Å². The Kier molecular flexibility index (Phi) is 4.14. The lowest BCUT2D eigenvalue weighted by molar-refractivity contribution is -0.139. The number of benzene rings is 1. The van der Waals surface area contributed by atoms with Gasteiger partial charge in [0.2, 0.25) is 0 Å². The predicted molar refractivity (Wildman–Crippen MR) is 66.5 cm³/mol. The first-order valence-corrected chi connectivity index (χ1v) is 6.46. The molecular weight excluding hydrogens is 252 g/mol. The van der Waals surface area contributed by atoms with E-state index in [0.717, 1.165) is 12.8 Å². The van der Waals surface area contributed by atoms with Crippen LogP contribution in [0.25, 0.3) is 0 Å². The number of carbonyl (C=O) groups is 1. The van der Waals surface area contributed by atoms with Crippen molar-refractivity contribution in [2.24, 2.45) is 0 Å². The highest BCUT2D eigenvalue weighted by molar-refractivity contribution is 5.85. The molecule has 0 atom stereocenters. The van der Waals surface area contributed by atoms with Crippen molar-refractivity contribution < 1.29 is 18.7 Å². The number of carbonyl (C=O) groups excluding carboxylic acids is 1. The number of amides is 1. The zero-order valence-electron chi connectivity index (χ0n) is 10.6. The lowest BCUT2D eigenvalue weighted by atomic mass is 10.0. The third-order valence-electron chi connectivity index (χ3n) is 3.58. The average Bonchev–Trinajstić information content (AvgIpc) is 2.81. The van der Waals surface area contributed by atoms with Gasteiger partial charge in [-0.1, -0.05) is 6.07 Å². The third kappa shape index (κ3) is 3.10. The van der Waals surface area contributed by atoms with Crippen LogP contribution in [0.4, 0.5) is 8.78 Å². The van der Waals surface area contributed by atoms with Crippen LogP contribution in [0.2, 0.25) is 0 Å². The van der Waals surface area contributed by atoms with E-state index in [1.165, 1.54) is 18.2 Å². The van der Waals surface area contributed by atoms with Crippen molar-refractivity contribution in [1.82, 2.24) is 5.32 Å². The minimum absolute atomic E-state index is 0.0405. The molecule has 3 nitrogen and oxygen atoms in total. The highest BCUT2D eigenvalue weighted by atomic mass is 19.1. The first kappa shape index (κ1) is 13.9. The zero-order valence-corrected chi connectivity index (χ0v) is 10.6. The summed E-state index contributed by atoms with van der Waals surface area (Å²) in [6.45, 7) is 0.110. The Morgan fingerprint density at radius 3 is 2.42 bits per heavy atom. The second-order valence-electron chi connectivity index (χ2n) is 4.94. The molecule has 1 aliphatic rings. The molecule has 1 aromatic rings. The topological polar surface area (TPSA) is 49.3 Å².